The van der Waals surface area contributed by atoms with Gasteiger partial charge < -0.3 is 16.0 Å². The first-order valence-corrected chi connectivity index (χ1v) is 11.2. The quantitative estimate of drug-likeness (QED) is 0.684. The van der Waals surface area contributed by atoms with Crippen molar-refractivity contribution in [3.8, 4) is 0 Å². The molecule has 2 aliphatic rings. The van der Waals surface area contributed by atoms with Crippen LogP contribution >= 0.6 is 24.2 Å². The van der Waals surface area contributed by atoms with Crippen LogP contribution in [0.3, 0.4) is 0 Å². The number of carbonyl (C=O) groups excluding carboxylic acids is 2. The zero-order valence-corrected chi connectivity index (χ0v) is 18.0. The van der Waals surface area contributed by atoms with Crippen LogP contribution in [-0.4, -0.2) is 48.1 Å². The van der Waals surface area contributed by atoms with E-state index in [9.17, 15) is 9.59 Å². The highest BCUT2D eigenvalue weighted by molar-refractivity contribution is 8.00. The van der Waals surface area contributed by atoms with Crippen molar-refractivity contribution in [1.82, 2.24) is 10.2 Å². The van der Waals surface area contributed by atoms with Crippen molar-refractivity contribution in [2.75, 3.05) is 25.4 Å². The second-order valence-corrected chi connectivity index (χ2v) is 8.74. The van der Waals surface area contributed by atoms with Gasteiger partial charge in [0.15, 0.2) is 0 Å². The molecule has 0 spiro atoms. The molecule has 1 aromatic carbocycles. The molecule has 1 aliphatic carbocycles. The van der Waals surface area contributed by atoms with Crippen LogP contribution in [0.1, 0.15) is 55.3 Å². The topological polar surface area (TPSA) is 75.4 Å². The van der Waals surface area contributed by atoms with Crippen LogP contribution in [0.4, 0.5) is 0 Å². The summed E-state index contributed by atoms with van der Waals surface area (Å²) in [6, 6.07) is 7.80. The molecule has 1 aliphatic heterocycles. The van der Waals surface area contributed by atoms with E-state index in [4.69, 9.17) is 5.73 Å². The number of thioether (sulfide) groups is 1. The highest BCUT2D eigenvalue weighted by atomic mass is 35.5. The van der Waals surface area contributed by atoms with Gasteiger partial charge in [0, 0.05) is 30.6 Å². The number of rotatable bonds is 6. The summed E-state index contributed by atoms with van der Waals surface area (Å²) < 4.78 is 0. The van der Waals surface area contributed by atoms with Crippen molar-refractivity contribution < 1.29 is 9.59 Å². The molecule has 5 nitrogen and oxygen atoms in total. The fourth-order valence-electron chi connectivity index (χ4n) is 3.89. The van der Waals surface area contributed by atoms with Gasteiger partial charge in [-0.05, 0) is 43.7 Å². The molecule has 0 unspecified atom stereocenters. The van der Waals surface area contributed by atoms with Gasteiger partial charge >= 0.3 is 0 Å². The van der Waals surface area contributed by atoms with Crippen molar-refractivity contribution in [1.29, 1.82) is 0 Å². The van der Waals surface area contributed by atoms with Gasteiger partial charge in [-0.15, -0.1) is 24.2 Å². The Hall–Kier alpha value is -1.24. The number of benzene rings is 1. The summed E-state index contributed by atoms with van der Waals surface area (Å²) in [4.78, 5) is 27.9. The van der Waals surface area contributed by atoms with E-state index in [1.807, 2.05) is 29.2 Å². The van der Waals surface area contributed by atoms with E-state index in [-0.39, 0.29) is 30.3 Å². The predicted octanol–water partition coefficient (Wildman–Crippen LogP) is 3.46. The lowest BCUT2D eigenvalue weighted by Gasteiger charge is -2.30. The highest BCUT2D eigenvalue weighted by Gasteiger charge is 2.23. The summed E-state index contributed by atoms with van der Waals surface area (Å²) in [5.74, 6) is 1.08. The third kappa shape index (κ3) is 6.68. The maximum absolute atomic E-state index is 12.9. The molecule has 3 rings (SSSR count). The summed E-state index contributed by atoms with van der Waals surface area (Å²) in [7, 11) is 0. The minimum atomic E-state index is 0. The summed E-state index contributed by atoms with van der Waals surface area (Å²) in [6.45, 7) is 2.20. The van der Waals surface area contributed by atoms with Gasteiger partial charge in [0.25, 0.3) is 5.91 Å². The van der Waals surface area contributed by atoms with Crippen molar-refractivity contribution >= 4 is 36.0 Å². The fourth-order valence-corrected chi connectivity index (χ4v) is 4.76. The van der Waals surface area contributed by atoms with Crippen LogP contribution in [0.2, 0.25) is 0 Å². The first-order valence-electron chi connectivity index (χ1n) is 10.2. The molecule has 1 heterocycles. The van der Waals surface area contributed by atoms with E-state index >= 15 is 0 Å². The number of nitrogens with zero attached hydrogens (tertiary/aromatic N) is 1. The maximum atomic E-state index is 12.9. The van der Waals surface area contributed by atoms with Gasteiger partial charge in [0.1, 0.15) is 0 Å². The number of piperidine rings is 1. The number of hydrogen-bond acceptors (Lipinski definition) is 4. The molecule has 1 aromatic rings. The molecule has 0 aromatic heterocycles. The molecule has 0 atom stereocenters. The van der Waals surface area contributed by atoms with E-state index in [0.717, 1.165) is 24.3 Å². The number of nitrogens with one attached hydrogen (secondary N) is 1. The average Bonchev–Trinajstić information content (AvgIpc) is 2.72. The fraction of sp³-hybridized carbons (Fsp3) is 0.619. The lowest BCUT2D eigenvalue weighted by Crippen LogP contribution is -2.43. The molecule has 2 amide bonds. The summed E-state index contributed by atoms with van der Waals surface area (Å²) >= 11 is 1.45. The van der Waals surface area contributed by atoms with Crippen molar-refractivity contribution in [2.45, 2.75) is 55.9 Å². The second kappa shape index (κ2) is 11.7. The number of amides is 2. The largest absolute Gasteiger partial charge is 0.355 e. The van der Waals surface area contributed by atoms with E-state index in [1.165, 1.54) is 43.9 Å². The van der Waals surface area contributed by atoms with Gasteiger partial charge in [-0.3, -0.25) is 9.59 Å². The Kier molecular flexibility index (Phi) is 9.62. The highest BCUT2D eigenvalue weighted by Crippen LogP contribution is 2.25. The number of halogens is 1. The van der Waals surface area contributed by atoms with Gasteiger partial charge in [-0.25, -0.2) is 0 Å². The monoisotopic (exact) mass is 425 g/mol. The molecule has 2 fully saturated rings. The molecule has 7 heteroatoms. The van der Waals surface area contributed by atoms with Gasteiger partial charge in [-0.1, -0.05) is 31.4 Å². The summed E-state index contributed by atoms with van der Waals surface area (Å²) in [5, 5.41) is 3.07. The normalized spacial score (nSPS) is 18.4. The van der Waals surface area contributed by atoms with Crippen molar-refractivity contribution in [3.63, 3.8) is 0 Å². The molecule has 28 heavy (non-hydrogen) atoms. The van der Waals surface area contributed by atoms with Crippen LogP contribution in [0.25, 0.3) is 0 Å². The smallest absolute Gasteiger partial charge is 0.254 e. The molecular formula is C21H32ClN3O2S. The zero-order valence-electron chi connectivity index (χ0n) is 16.4. The molecule has 0 bridgehead atoms. The van der Waals surface area contributed by atoms with E-state index < -0.39 is 0 Å². The van der Waals surface area contributed by atoms with Crippen molar-refractivity contribution in [2.24, 2.45) is 11.7 Å². The number of nitrogens with two attached hydrogens (primary N) is 1. The number of hydrogen-bond donors (Lipinski definition) is 2. The average molecular weight is 426 g/mol. The number of carbonyl (C=O) groups is 2. The first-order chi connectivity index (χ1) is 13.1. The molecule has 156 valence electrons. The molecule has 0 radical (unpaired) electrons. The van der Waals surface area contributed by atoms with Gasteiger partial charge in [0.2, 0.25) is 5.91 Å². The number of likely N-dealkylation sites (tertiary alicyclic amines) is 1. The van der Waals surface area contributed by atoms with E-state index in [0.29, 0.717) is 30.3 Å². The van der Waals surface area contributed by atoms with E-state index in [2.05, 4.69) is 5.32 Å². The van der Waals surface area contributed by atoms with E-state index in [1.54, 1.807) is 0 Å². The standard InChI is InChI=1S/C21H31N3O2S.ClH/c22-17-10-12-24(13-11-17)21(26)18-8-4-5-9-19(18)27-15-20(25)23-14-16-6-2-1-3-7-16;/h4-5,8-9,16-17H,1-3,6-7,10-15,22H2,(H,23,25);1H. The lowest BCUT2D eigenvalue weighted by atomic mass is 9.89. The SMILES string of the molecule is Cl.NC1CCN(C(=O)c2ccccc2SCC(=O)NCC2CCCCC2)CC1. The summed E-state index contributed by atoms with van der Waals surface area (Å²) in [5.41, 5.74) is 6.64. The van der Waals surface area contributed by atoms with Crippen LogP contribution < -0.4 is 11.1 Å². The maximum Gasteiger partial charge on any atom is 0.254 e. The molecule has 1 saturated heterocycles. The molecular weight excluding hydrogens is 394 g/mol. The third-order valence-electron chi connectivity index (χ3n) is 5.62. The van der Waals surface area contributed by atoms with Gasteiger partial charge in [0.05, 0.1) is 11.3 Å². The Balaban J connectivity index is 0.00000280. The minimum Gasteiger partial charge on any atom is -0.355 e. The van der Waals surface area contributed by atoms with Crippen LogP contribution in [-0.2, 0) is 4.79 Å². The minimum absolute atomic E-state index is 0. The van der Waals surface area contributed by atoms with Crippen LogP contribution in [0.15, 0.2) is 29.2 Å². The molecule has 1 saturated carbocycles. The second-order valence-electron chi connectivity index (χ2n) is 7.72. The Morgan fingerprint density at radius 1 is 1.07 bits per heavy atom. The van der Waals surface area contributed by atoms with Crippen LogP contribution in [0, 0.1) is 5.92 Å². The first kappa shape index (κ1) is 23.0. The van der Waals surface area contributed by atoms with Gasteiger partial charge in [-0.2, -0.15) is 0 Å². The zero-order chi connectivity index (χ0) is 19.1. The Labute approximate surface area is 178 Å². The van der Waals surface area contributed by atoms with Crippen molar-refractivity contribution in [3.05, 3.63) is 29.8 Å². The Bertz CT molecular complexity index is 644. The molecule has 3 N–H and O–H groups in total. The van der Waals surface area contributed by atoms with Crippen LogP contribution in [0.5, 0.6) is 0 Å². The summed E-state index contributed by atoms with van der Waals surface area (Å²) in [6.07, 6.45) is 8.05. The third-order valence-corrected chi connectivity index (χ3v) is 6.69. The Morgan fingerprint density at radius 3 is 2.46 bits per heavy atom. The Morgan fingerprint density at radius 2 is 1.75 bits per heavy atom. The predicted molar refractivity (Wildman–Crippen MR) is 117 cm³/mol. The lowest BCUT2D eigenvalue weighted by molar-refractivity contribution is -0.118.